The highest BCUT2D eigenvalue weighted by Gasteiger charge is 2.48. The van der Waals surface area contributed by atoms with Gasteiger partial charge in [-0.05, 0) is 85.9 Å². The molecule has 0 spiro atoms. The Labute approximate surface area is 320 Å². The quantitative estimate of drug-likeness (QED) is 0.0988. The van der Waals surface area contributed by atoms with Crippen LogP contribution < -0.4 is 4.74 Å². The summed E-state index contributed by atoms with van der Waals surface area (Å²) in [5.41, 5.74) is 4.13. The van der Waals surface area contributed by atoms with Gasteiger partial charge in [0.2, 0.25) is 0 Å². The standard InChI is InChI=1S/C38H48Cl2N2O10S/c1-53(49,50)18-17-42(37(48)36(47)35(46)34(45)32(44)22-43)16-6-2-3-7-24-19-31(40)25(20-30(24)39)23-51-38(13-14-38)29-21-41-15-12-27(29)28-8-4-5-9-33(28)52-26-10-11-26/h4-5,8-9,12,15,19-21,26,32,34-36,43-47H,2-3,6-7,10-11,13-14,16-18,22-23H2,1H3. The van der Waals surface area contributed by atoms with E-state index in [4.69, 9.17) is 37.8 Å². The number of aromatic nitrogens is 1. The zero-order valence-electron chi connectivity index (χ0n) is 29.6. The van der Waals surface area contributed by atoms with E-state index in [1.54, 1.807) is 6.20 Å². The van der Waals surface area contributed by atoms with Crippen molar-refractivity contribution in [3.8, 4) is 16.9 Å². The van der Waals surface area contributed by atoms with Gasteiger partial charge < -0.3 is 39.9 Å². The molecule has 2 saturated carbocycles. The summed E-state index contributed by atoms with van der Waals surface area (Å²) in [5, 5.41) is 50.2. The predicted octanol–water partition coefficient (Wildman–Crippen LogP) is 3.82. The van der Waals surface area contributed by atoms with Crippen LogP contribution in [0.15, 0.2) is 54.9 Å². The van der Waals surface area contributed by atoms with Crippen molar-refractivity contribution >= 4 is 38.9 Å². The van der Waals surface area contributed by atoms with Gasteiger partial charge in [-0.2, -0.15) is 0 Å². The Balaban J connectivity index is 1.16. The van der Waals surface area contributed by atoms with Gasteiger partial charge in [-0.25, -0.2) is 8.42 Å². The van der Waals surface area contributed by atoms with E-state index >= 15 is 0 Å². The highest BCUT2D eigenvalue weighted by Crippen LogP contribution is 2.53. The third-order valence-electron chi connectivity index (χ3n) is 9.66. The normalized spacial score (nSPS) is 17.5. The van der Waals surface area contributed by atoms with Crippen molar-refractivity contribution < 1.29 is 48.2 Å². The molecule has 0 radical (unpaired) electrons. The molecule has 2 aliphatic carbocycles. The van der Waals surface area contributed by atoms with E-state index in [9.17, 15) is 33.6 Å². The van der Waals surface area contributed by atoms with E-state index in [0.717, 1.165) is 70.4 Å². The molecular weight excluding hydrogens is 747 g/mol. The van der Waals surface area contributed by atoms with Gasteiger partial charge in [0.05, 0.1) is 30.7 Å². The van der Waals surface area contributed by atoms with E-state index in [2.05, 4.69) is 11.1 Å². The summed E-state index contributed by atoms with van der Waals surface area (Å²) >= 11 is 13.5. The third kappa shape index (κ3) is 11.1. The Morgan fingerprint density at radius 3 is 2.34 bits per heavy atom. The number of hydrogen-bond donors (Lipinski definition) is 5. The molecule has 12 nitrogen and oxygen atoms in total. The fourth-order valence-electron chi connectivity index (χ4n) is 6.16. The predicted molar refractivity (Wildman–Crippen MR) is 200 cm³/mol. The Morgan fingerprint density at radius 1 is 0.962 bits per heavy atom. The molecule has 5 N–H and O–H groups in total. The fraction of sp³-hybridized carbons (Fsp3) is 0.526. The zero-order chi connectivity index (χ0) is 38.3. The summed E-state index contributed by atoms with van der Waals surface area (Å²) in [7, 11) is -3.46. The molecule has 4 unspecified atom stereocenters. The largest absolute Gasteiger partial charge is 0.490 e. The van der Waals surface area contributed by atoms with Gasteiger partial charge in [0.15, 0.2) is 6.10 Å². The number of pyridine rings is 1. The second-order valence-corrected chi connectivity index (χ2v) is 17.1. The maximum atomic E-state index is 13.0. The molecule has 0 aliphatic heterocycles. The Bertz CT molecular complexity index is 1820. The van der Waals surface area contributed by atoms with Gasteiger partial charge >= 0.3 is 0 Å². The van der Waals surface area contributed by atoms with E-state index in [-0.39, 0.29) is 31.6 Å². The first-order valence-electron chi connectivity index (χ1n) is 17.8. The topological polar surface area (TPSA) is 187 Å². The molecule has 2 aliphatic rings. The second kappa shape index (κ2) is 18.2. The minimum absolute atomic E-state index is 0.0705. The van der Waals surface area contributed by atoms with E-state index < -0.39 is 52.4 Å². The minimum atomic E-state index is -3.46. The van der Waals surface area contributed by atoms with Gasteiger partial charge in [-0.3, -0.25) is 9.78 Å². The Morgan fingerprint density at radius 2 is 1.66 bits per heavy atom. The maximum Gasteiger partial charge on any atom is 0.254 e. The molecule has 0 saturated heterocycles. The van der Waals surface area contributed by atoms with E-state index in [1.165, 1.54) is 0 Å². The number of carbonyl (C=O) groups excluding carboxylic acids is 1. The average Bonchev–Trinajstić information content (AvgIpc) is 4.09. The Hall–Kier alpha value is -2.85. The fourth-order valence-corrected chi connectivity index (χ4v) is 7.23. The first-order valence-corrected chi connectivity index (χ1v) is 20.7. The summed E-state index contributed by atoms with van der Waals surface area (Å²) in [6.07, 6.45) is 3.01. The number of aliphatic hydroxyl groups is 5. The number of halogens is 2. The molecule has 1 heterocycles. The lowest BCUT2D eigenvalue weighted by molar-refractivity contribution is -0.158. The van der Waals surface area contributed by atoms with Crippen molar-refractivity contribution in [3.63, 3.8) is 0 Å². The molecule has 5 rings (SSSR count). The first-order chi connectivity index (χ1) is 25.2. The average molecular weight is 796 g/mol. The molecule has 2 aromatic carbocycles. The molecule has 53 heavy (non-hydrogen) atoms. The zero-order valence-corrected chi connectivity index (χ0v) is 31.9. The van der Waals surface area contributed by atoms with Crippen LogP contribution in [0.1, 0.15) is 61.6 Å². The van der Waals surface area contributed by atoms with Crippen LogP contribution >= 0.6 is 23.2 Å². The third-order valence-corrected chi connectivity index (χ3v) is 11.3. The summed E-state index contributed by atoms with van der Waals surface area (Å²) in [5.74, 6) is -0.521. The number of ether oxygens (including phenoxy) is 2. The van der Waals surface area contributed by atoms with Crippen molar-refractivity contribution in [2.24, 2.45) is 0 Å². The van der Waals surface area contributed by atoms with E-state index in [1.807, 2.05) is 42.6 Å². The number of amides is 1. The number of sulfone groups is 1. The second-order valence-electron chi connectivity index (χ2n) is 14.0. The maximum absolute atomic E-state index is 13.0. The lowest BCUT2D eigenvalue weighted by Crippen LogP contribution is -2.53. The number of nitrogens with zero attached hydrogens (tertiary/aromatic N) is 2. The molecule has 0 bridgehead atoms. The van der Waals surface area contributed by atoms with Crippen LogP contribution in [0.5, 0.6) is 5.75 Å². The minimum Gasteiger partial charge on any atom is -0.490 e. The Kier molecular flexibility index (Phi) is 14.2. The summed E-state index contributed by atoms with van der Waals surface area (Å²) in [4.78, 5) is 18.5. The van der Waals surface area contributed by atoms with Gasteiger partial charge in [0, 0.05) is 52.9 Å². The first kappa shape index (κ1) is 41.3. The molecule has 3 aromatic rings. The van der Waals surface area contributed by atoms with Gasteiger partial charge in [0.1, 0.15) is 33.9 Å². The molecule has 1 aromatic heterocycles. The van der Waals surface area contributed by atoms with Gasteiger partial charge in [-0.15, -0.1) is 0 Å². The number of hydrogen-bond acceptors (Lipinski definition) is 11. The lowest BCUT2D eigenvalue weighted by Gasteiger charge is -2.30. The molecule has 2 fully saturated rings. The van der Waals surface area contributed by atoms with Crippen molar-refractivity contribution in [2.75, 3.05) is 31.7 Å². The monoisotopic (exact) mass is 794 g/mol. The SMILES string of the molecule is CS(=O)(=O)CCN(CCCCCc1cc(Cl)c(COC2(c3cnccc3-c3ccccc3OC3CC3)CC2)cc1Cl)C(=O)C(O)C(O)C(O)C(O)CO. The van der Waals surface area contributed by atoms with Gasteiger partial charge in [-0.1, -0.05) is 47.8 Å². The number of benzene rings is 2. The molecule has 4 atom stereocenters. The molecular formula is C38H48Cl2N2O10S. The van der Waals surface area contributed by atoms with Crippen LogP contribution in [0.3, 0.4) is 0 Å². The molecule has 1 amide bonds. The summed E-state index contributed by atoms with van der Waals surface area (Å²) in [6.45, 7) is -0.818. The highest BCUT2D eigenvalue weighted by molar-refractivity contribution is 7.90. The lowest BCUT2D eigenvalue weighted by atomic mass is 9.96. The van der Waals surface area contributed by atoms with Crippen LogP contribution in [-0.2, 0) is 38.0 Å². The van der Waals surface area contributed by atoms with Crippen molar-refractivity contribution in [1.82, 2.24) is 9.88 Å². The number of para-hydroxylation sites is 1. The van der Waals surface area contributed by atoms with Gasteiger partial charge in [0.25, 0.3) is 5.91 Å². The van der Waals surface area contributed by atoms with Crippen LogP contribution in [0.4, 0.5) is 0 Å². The smallest absolute Gasteiger partial charge is 0.254 e. The number of carbonyl (C=O) groups is 1. The number of rotatable bonds is 21. The van der Waals surface area contributed by atoms with Crippen molar-refractivity contribution in [1.29, 1.82) is 0 Å². The number of aryl methyl sites for hydroxylation is 1. The van der Waals surface area contributed by atoms with Crippen LogP contribution in [0, 0.1) is 0 Å². The summed E-state index contributed by atoms with van der Waals surface area (Å²) in [6, 6.07) is 13.7. The van der Waals surface area contributed by atoms with Crippen LogP contribution in [-0.4, -0.2) is 112 Å². The van der Waals surface area contributed by atoms with Crippen molar-refractivity contribution in [3.05, 3.63) is 81.6 Å². The molecule has 15 heteroatoms. The highest BCUT2D eigenvalue weighted by atomic mass is 35.5. The summed E-state index contributed by atoms with van der Waals surface area (Å²) < 4.78 is 36.4. The number of aliphatic hydroxyl groups excluding tert-OH is 5. The van der Waals surface area contributed by atoms with E-state index in [0.29, 0.717) is 35.7 Å². The molecule has 290 valence electrons. The van der Waals surface area contributed by atoms with Crippen LogP contribution in [0.2, 0.25) is 10.0 Å². The van der Waals surface area contributed by atoms with Crippen LogP contribution in [0.25, 0.3) is 11.1 Å². The van der Waals surface area contributed by atoms with Crippen molar-refractivity contribution in [2.45, 2.75) is 94.1 Å². The number of unbranched alkanes of at least 4 members (excludes halogenated alkanes) is 2.